The largest absolute Gasteiger partial charge is 0.370 e. The van der Waals surface area contributed by atoms with Gasteiger partial charge in [-0.3, -0.25) is 0 Å². The SMILES string of the molecule is CCNc1cc(Nc2cc(F)cc(F)c2)nc(CC)n1. The highest BCUT2D eigenvalue weighted by Gasteiger charge is 2.05. The first-order valence-corrected chi connectivity index (χ1v) is 6.45. The Kier molecular flexibility index (Phi) is 4.45. The molecule has 0 spiro atoms. The van der Waals surface area contributed by atoms with Gasteiger partial charge in [0.15, 0.2) is 0 Å². The van der Waals surface area contributed by atoms with Crippen LogP contribution < -0.4 is 10.6 Å². The van der Waals surface area contributed by atoms with Crippen LogP contribution in [0.2, 0.25) is 0 Å². The van der Waals surface area contributed by atoms with Gasteiger partial charge in [0, 0.05) is 30.8 Å². The summed E-state index contributed by atoms with van der Waals surface area (Å²) < 4.78 is 26.3. The van der Waals surface area contributed by atoms with Crippen LogP contribution in [0.4, 0.5) is 26.1 Å². The van der Waals surface area contributed by atoms with E-state index < -0.39 is 11.6 Å². The second kappa shape index (κ2) is 6.27. The van der Waals surface area contributed by atoms with Gasteiger partial charge in [-0.1, -0.05) is 6.92 Å². The average Bonchev–Trinajstić information content (AvgIpc) is 2.37. The molecule has 0 aliphatic rings. The normalized spacial score (nSPS) is 10.4. The van der Waals surface area contributed by atoms with E-state index in [2.05, 4.69) is 20.6 Å². The van der Waals surface area contributed by atoms with E-state index in [0.717, 1.165) is 12.6 Å². The lowest BCUT2D eigenvalue weighted by Crippen LogP contribution is -2.05. The van der Waals surface area contributed by atoms with Crippen molar-refractivity contribution in [2.24, 2.45) is 0 Å². The Morgan fingerprint density at radius 3 is 2.20 bits per heavy atom. The lowest BCUT2D eigenvalue weighted by atomic mass is 10.3. The first kappa shape index (κ1) is 14.2. The Morgan fingerprint density at radius 2 is 1.60 bits per heavy atom. The molecular formula is C14H16F2N4. The van der Waals surface area contributed by atoms with E-state index >= 15 is 0 Å². The molecular weight excluding hydrogens is 262 g/mol. The number of anilines is 3. The first-order valence-electron chi connectivity index (χ1n) is 6.45. The molecule has 0 unspecified atom stereocenters. The summed E-state index contributed by atoms with van der Waals surface area (Å²) in [5, 5.41) is 5.98. The number of hydrogen-bond donors (Lipinski definition) is 2. The van der Waals surface area contributed by atoms with E-state index in [1.165, 1.54) is 12.1 Å². The topological polar surface area (TPSA) is 49.8 Å². The number of nitrogens with zero attached hydrogens (tertiary/aromatic N) is 2. The van der Waals surface area contributed by atoms with E-state index in [-0.39, 0.29) is 0 Å². The van der Waals surface area contributed by atoms with Crippen LogP contribution in [0, 0.1) is 11.6 Å². The lowest BCUT2D eigenvalue weighted by Gasteiger charge is -2.10. The maximum Gasteiger partial charge on any atom is 0.136 e. The van der Waals surface area contributed by atoms with Crippen molar-refractivity contribution in [3.8, 4) is 0 Å². The summed E-state index contributed by atoms with van der Waals surface area (Å²) in [6.45, 7) is 4.63. The van der Waals surface area contributed by atoms with Gasteiger partial charge < -0.3 is 10.6 Å². The summed E-state index contributed by atoms with van der Waals surface area (Å²) in [6.07, 6.45) is 0.672. The van der Waals surface area contributed by atoms with Gasteiger partial charge in [0.05, 0.1) is 0 Å². The minimum atomic E-state index is -0.635. The molecule has 2 rings (SSSR count). The summed E-state index contributed by atoms with van der Waals surface area (Å²) in [5.74, 6) is 0.563. The Morgan fingerprint density at radius 1 is 0.950 bits per heavy atom. The molecule has 4 nitrogen and oxygen atoms in total. The summed E-state index contributed by atoms with van der Waals surface area (Å²) in [5.41, 5.74) is 0.311. The summed E-state index contributed by atoms with van der Waals surface area (Å²) in [4.78, 5) is 8.59. The molecule has 0 aliphatic heterocycles. The van der Waals surface area contributed by atoms with Crippen molar-refractivity contribution in [2.75, 3.05) is 17.2 Å². The monoisotopic (exact) mass is 278 g/mol. The van der Waals surface area contributed by atoms with E-state index in [4.69, 9.17) is 0 Å². The number of aryl methyl sites for hydroxylation is 1. The fourth-order valence-corrected chi connectivity index (χ4v) is 1.76. The molecule has 0 atom stereocenters. The molecule has 0 radical (unpaired) electrons. The Bertz CT molecular complexity index is 581. The zero-order chi connectivity index (χ0) is 14.5. The molecule has 0 aliphatic carbocycles. The van der Waals surface area contributed by atoms with Crippen LogP contribution in [0.3, 0.4) is 0 Å². The molecule has 0 fully saturated rings. The van der Waals surface area contributed by atoms with E-state index in [0.29, 0.717) is 29.6 Å². The van der Waals surface area contributed by atoms with Gasteiger partial charge in [0.25, 0.3) is 0 Å². The van der Waals surface area contributed by atoms with Crippen LogP contribution >= 0.6 is 0 Å². The highest BCUT2D eigenvalue weighted by Crippen LogP contribution is 2.19. The van der Waals surface area contributed by atoms with Gasteiger partial charge in [-0.25, -0.2) is 18.7 Å². The number of nitrogens with one attached hydrogen (secondary N) is 2. The Balaban J connectivity index is 2.29. The summed E-state index contributed by atoms with van der Waals surface area (Å²) >= 11 is 0. The molecule has 0 amide bonds. The number of benzene rings is 1. The van der Waals surface area contributed by atoms with E-state index in [1.54, 1.807) is 6.07 Å². The molecule has 0 bridgehead atoms. The molecule has 0 saturated carbocycles. The summed E-state index contributed by atoms with van der Waals surface area (Å²) in [7, 11) is 0. The molecule has 6 heteroatoms. The van der Waals surface area contributed by atoms with Crippen LogP contribution in [-0.4, -0.2) is 16.5 Å². The second-order valence-corrected chi connectivity index (χ2v) is 4.22. The minimum Gasteiger partial charge on any atom is -0.370 e. The molecule has 0 saturated heterocycles. The first-order chi connectivity index (χ1) is 9.60. The fourth-order valence-electron chi connectivity index (χ4n) is 1.76. The number of rotatable bonds is 5. The molecule has 20 heavy (non-hydrogen) atoms. The zero-order valence-electron chi connectivity index (χ0n) is 11.4. The van der Waals surface area contributed by atoms with Crippen molar-refractivity contribution in [3.63, 3.8) is 0 Å². The molecule has 2 N–H and O–H groups in total. The third kappa shape index (κ3) is 3.63. The second-order valence-electron chi connectivity index (χ2n) is 4.22. The van der Waals surface area contributed by atoms with Crippen LogP contribution in [0.1, 0.15) is 19.7 Å². The number of halogens is 2. The van der Waals surface area contributed by atoms with Crippen molar-refractivity contribution < 1.29 is 8.78 Å². The molecule has 1 aromatic carbocycles. The highest BCUT2D eigenvalue weighted by molar-refractivity contribution is 5.59. The van der Waals surface area contributed by atoms with Gasteiger partial charge in [0.2, 0.25) is 0 Å². The third-order valence-electron chi connectivity index (χ3n) is 2.58. The van der Waals surface area contributed by atoms with Crippen molar-refractivity contribution >= 4 is 17.3 Å². The predicted octanol–water partition coefficient (Wildman–Crippen LogP) is 3.49. The highest BCUT2D eigenvalue weighted by atomic mass is 19.1. The van der Waals surface area contributed by atoms with Crippen LogP contribution in [0.15, 0.2) is 24.3 Å². The number of aromatic nitrogens is 2. The Hall–Kier alpha value is -2.24. The van der Waals surface area contributed by atoms with Gasteiger partial charge in [-0.2, -0.15) is 0 Å². The fraction of sp³-hybridized carbons (Fsp3) is 0.286. The van der Waals surface area contributed by atoms with Crippen molar-refractivity contribution in [2.45, 2.75) is 20.3 Å². The van der Waals surface area contributed by atoms with Gasteiger partial charge in [0.1, 0.15) is 29.1 Å². The van der Waals surface area contributed by atoms with Crippen molar-refractivity contribution in [1.29, 1.82) is 0 Å². The molecule has 106 valence electrons. The van der Waals surface area contributed by atoms with Gasteiger partial charge >= 0.3 is 0 Å². The number of hydrogen-bond acceptors (Lipinski definition) is 4. The zero-order valence-corrected chi connectivity index (χ0v) is 11.4. The Labute approximate surface area is 116 Å². The molecule has 1 heterocycles. The summed E-state index contributed by atoms with van der Waals surface area (Å²) in [6, 6.07) is 4.95. The molecule has 1 aromatic heterocycles. The van der Waals surface area contributed by atoms with Gasteiger partial charge in [-0.05, 0) is 19.1 Å². The lowest BCUT2D eigenvalue weighted by molar-refractivity contribution is 0.584. The maximum absolute atomic E-state index is 13.2. The van der Waals surface area contributed by atoms with E-state index in [1.807, 2.05) is 13.8 Å². The standard InChI is InChI=1S/C14H16F2N4/c1-3-12-19-13(17-4-2)8-14(20-12)18-11-6-9(15)5-10(16)7-11/h5-8H,3-4H2,1-2H3,(H2,17,18,19,20). The van der Waals surface area contributed by atoms with E-state index in [9.17, 15) is 8.78 Å². The average molecular weight is 278 g/mol. The smallest absolute Gasteiger partial charge is 0.136 e. The van der Waals surface area contributed by atoms with Crippen molar-refractivity contribution in [3.05, 3.63) is 41.7 Å². The van der Waals surface area contributed by atoms with Crippen LogP contribution in [0.5, 0.6) is 0 Å². The minimum absolute atomic E-state index is 0.311. The molecule has 2 aromatic rings. The van der Waals surface area contributed by atoms with Crippen LogP contribution in [0.25, 0.3) is 0 Å². The maximum atomic E-state index is 13.2. The van der Waals surface area contributed by atoms with Gasteiger partial charge in [-0.15, -0.1) is 0 Å². The third-order valence-corrected chi connectivity index (χ3v) is 2.58. The van der Waals surface area contributed by atoms with Crippen molar-refractivity contribution in [1.82, 2.24) is 9.97 Å². The quantitative estimate of drug-likeness (QED) is 0.879. The van der Waals surface area contributed by atoms with Crippen LogP contribution in [-0.2, 0) is 6.42 Å². The predicted molar refractivity (Wildman–Crippen MR) is 75.2 cm³/mol.